The van der Waals surface area contributed by atoms with Crippen LogP contribution < -0.4 is 14.5 Å². The van der Waals surface area contributed by atoms with E-state index in [0.717, 1.165) is 81.0 Å². The number of alkyl halides is 3. The predicted molar refractivity (Wildman–Crippen MR) is 158 cm³/mol. The van der Waals surface area contributed by atoms with Gasteiger partial charge in [-0.3, -0.25) is 9.36 Å². The fourth-order valence-electron chi connectivity index (χ4n) is 6.22. The maximum Gasteiger partial charge on any atom is 0.416 e. The Hall–Kier alpha value is -5.05. The lowest BCUT2D eigenvalue weighted by atomic mass is 9.92. The second kappa shape index (κ2) is 9.76. The molecule has 0 atom stereocenters. The zero-order valence-electron chi connectivity index (χ0n) is 23.4. The van der Waals surface area contributed by atoms with E-state index in [1.165, 1.54) is 0 Å². The molecule has 0 unspecified atom stereocenters. The molecule has 0 fully saturated rings. The SMILES string of the molecule is CC(=O)n1ccc2cc3c(cc21)CN1CN3Cc2cc(-c3c(C)cccc3C(=O)Oc3ccc(C(F)(F)F)cc3)ccc21. The van der Waals surface area contributed by atoms with Crippen LogP contribution in [0.25, 0.3) is 22.0 Å². The second-order valence-corrected chi connectivity index (χ2v) is 11.0. The summed E-state index contributed by atoms with van der Waals surface area (Å²) in [5, 5.41) is 1.01. The van der Waals surface area contributed by atoms with Gasteiger partial charge in [0, 0.05) is 43.0 Å². The minimum atomic E-state index is -4.47. The van der Waals surface area contributed by atoms with Gasteiger partial charge in [-0.15, -0.1) is 0 Å². The predicted octanol–water partition coefficient (Wildman–Crippen LogP) is 7.81. The van der Waals surface area contributed by atoms with Crippen LogP contribution in [0.1, 0.15) is 44.3 Å². The fraction of sp³-hybridized carbons (Fsp3) is 0.176. The minimum Gasteiger partial charge on any atom is -0.423 e. The summed E-state index contributed by atoms with van der Waals surface area (Å²) in [5.41, 5.74) is 7.38. The average Bonchev–Trinajstić information content (AvgIpc) is 3.39. The summed E-state index contributed by atoms with van der Waals surface area (Å²) in [5.74, 6) is -0.630. The summed E-state index contributed by atoms with van der Waals surface area (Å²) in [6, 6.07) is 21.8. The van der Waals surface area contributed by atoms with E-state index in [1.807, 2.05) is 31.3 Å². The third kappa shape index (κ3) is 4.61. The summed E-state index contributed by atoms with van der Waals surface area (Å²) in [4.78, 5) is 30.0. The molecule has 5 aromatic rings. The molecule has 2 bridgehead atoms. The van der Waals surface area contributed by atoms with Crippen molar-refractivity contribution in [2.45, 2.75) is 33.1 Å². The molecule has 0 radical (unpaired) electrons. The van der Waals surface area contributed by atoms with Crippen LogP contribution >= 0.6 is 0 Å². The molecular weight excluding hydrogens is 555 g/mol. The summed E-state index contributed by atoms with van der Waals surface area (Å²) >= 11 is 0. The van der Waals surface area contributed by atoms with Gasteiger partial charge in [0.1, 0.15) is 5.75 Å². The van der Waals surface area contributed by atoms with E-state index < -0.39 is 17.7 Å². The van der Waals surface area contributed by atoms with Crippen LogP contribution in [0.15, 0.2) is 85.1 Å². The third-order valence-electron chi connectivity index (χ3n) is 8.23. The van der Waals surface area contributed by atoms with Gasteiger partial charge in [-0.25, -0.2) is 4.79 Å². The number of esters is 1. The standard InChI is InChI=1S/C34H26F3N3O3/c1-20-4-3-5-28(33(42)43-27-9-7-26(8-10-27)34(35,36)37)32(20)23-6-11-29-24(14-23)17-39-19-38(29)18-25-16-31-22(15-30(25)39)12-13-40(31)21(2)41/h3-16H,17-19H2,1-2H3. The van der Waals surface area contributed by atoms with E-state index in [4.69, 9.17) is 4.74 Å². The number of carbonyl (C=O) groups excluding carboxylic acids is 2. The van der Waals surface area contributed by atoms with E-state index in [1.54, 1.807) is 23.6 Å². The molecule has 0 N–H and O–H groups in total. The highest BCUT2D eigenvalue weighted by molar-refractivity contribution is 6.00. The van der Waals surface area contributed by atoms with Crippen LogP contribution in [0.5, 0.6) is 5.75 Å². The van der Waals surface area contributed by atoms with Gasteiger partial charge in [0.25, 0.3) is 0 Å². The van der Waals surface area contributed by atoms with Crippen LogP contribution in [-0.4, -0.2) is 23.1 Å². The highest BCUT2D eigenvalue weighted by Crippen LogP contribution is 2.42. The molecular formula is C34H26F3N3O3. The van der Waals surface area contributed by atoms with Crippen molar-refractivity contribution in [3.05, 3.63) is 113 Å². The Morgan fingerprint density at radius 3 is 2.28 bits per heavy atom. The van der Waals surface area contributed by atoms with Gasteiger partial charge in [0.05, 0.1) is 23.3 Å². The molecule has 0 spiro atoms. The summed E-state index contributed by atoms with van der Waals surface area (Å²) in [7, 11) is 0. The monoisotopic (exact) mass is 581 g/mol. The number of hydrogen-bond donors (Lipinski definition) is 0. The van der Waals surface area contributed by atoms with Crippen LogP contribution in [0.3, 0.4) is 0 Å². The molecule has 0 saturated heterocycles. The van der Waals surface area contributed by atoms with E-state index in [2.05, 4.69) is 34.1 Å². The van der Waals surface area contributed by atoms with Gasteiger partial charge in [-0.2, -0.15) is 13.2 Å². The number of rotatable bonds is 3. The first-order valence-electron chi connectivity index (χ1n) is 13.8. The van der Waals surface area contributed by atoms with Gasteiger partial charge in [-0.1, -0.05) is 18.2 Å². The Morgan fingerprint density at radius 2 is 1.56 bits per heavy atom. The number of nitrogens with zero attached hydrogens (tertiary/aromatic N) is 3. The second-order valence-electron chi connectivity index (χ2n) is 11.0. The number of benzene rings is 4. The number of hydrogen-bond acceptors (Lipinski definition) is 5. The van der Waals surface area contributed by atoms with Crippen LogP contribution in [0, 0.1) is 6.92 Å². The summed E-state index contributed by atoms with van der Waals surface area (Å²) in [6.45, 7) is 5.59. The Kier molecular flexibility index (Phi) is 6.09. The number of aryl methyl sites for hydroxylation is 1. The van der Waals surface area contributed by atoms with Gasteiger partial charge < -0.3 is 14.5 Å². The number of anilines is 2. The Balaban J connectivity index is 1.20. The molecule has 2 aliphatic rings. The molecule has 216 valence electrons. The van der Waals surface area contributed by atoms with E-state index in [-0.39, 0.29) is 11.7 Å². The molecule has 4 aromatic carbocycles. The van der Waals surface area contributed by atoms with Crippen LogP contribution in [0.2, 0.25) is 0 Å². The maximum absolute atomic E-state index is 13.3. The van der Waals surface area contributed by atoms with Gasteiger partial charge in [-0.05, 0) is 95.4 Å². The molecule has 0 aliphatic carbocycles. The zero-order chi connectivity index (χ0) is 30.0. The van der Waals surface area contributed by atoms with Crippen molar-refractivity contribution in [2.75, 3.05) is 16.5 Å². The summed E-state index contributed by atoms with van der Waals surface area (Å²) < 4.78 is 46.1. The molecule has 3 heterocycles. The van der Waals surface area contributed by atoms with Crippen molar-refractivity contribution in [1.29, 1.82) is 0 Å². The maximum atomic E-state index is 13.3. The van der Waals surface area contributed by atoms with Crippen molar-refractivity contribution in [1.82, 2.24) is 4.57 Å². The third-order valence-corrected chi connectivity index (χ3v) is 8.23. The Bertz CT molecular complexity index is 1940. The largest absolute Gasteiger partial charge is 0.423 e. The number of fused-ring (bicyclic) bond motifs is 7. The molecule has 7 rings (SSSR count). The normalized spacial score (nSPS) is 14.0. The lowest BCUT2D eigenvalue weighted by Crippen LogP contribution is -2.46. The zero-order valence-corrected chi connectivity index (χ0v) is 23.4. The topological polar surface area (TPSA) is 54.8 Å². The molecule has 6 nitrogen and oxygen atoms in total. The van der Waals surface area contributed by atoms with Crippen molar-refractivity contribution in [3.63, 3.8) is 0 Å². The molecule has 9 heteroatoms. The first-order valence-corrected chi connectivity index (χ1v) is 13.8. The average molecular weight is 582 g/mol. The first-order chi connectivity index (χ1) is 20.6. The van der Waals surface area contributed by atoms with Crippen molar-refractivity contribution in [3.8, 4) is 16.9 Å². The van der Waals surface area contributed by atoms with Gasteiger partial charge in [0.2, 0.25) is 5.91 Å². The van der Waals surface area contributed by atoms with E-state index in [0.29, 0.717) is 18.7 Å². The van der Waals surface area contributed by atoms with Gasteiger partial charge in [0.15, 0.2) is 0 Å². The number of halogens is 3. The lowest BCUT2D eigenvalue weighted by molar-refractivity contribution is -0.137. The van der Waals surface area contributed by atoms with E-state index in [9.17, 15) is 22.8 Å². The molecule has 0 saturated carbocycles. The molecule has 1 aromatic heterocycles. The van der Waals surface area contributed by atoms with Crippen molar-refractivity contribution in [2.24, 2.45) is 0 Å². The quantitative estimate of drug-likeness (QED) is 0.161. The molecule has 43 heavy (non-hydrogen) atoms. The Morgan fingerprint density at radius 1 is 0.837 bits per heavy atom. The minimum absolute atomic E-state index is 0.0248. The van der Waals surface area contributed by atoms with Crippen molar-refractivity contribution < 1.29 is 27.5 Å². The number of aromatic nitrogens is 1. The summed E-state index contributed by atoms with van der Waals surface area (Å²) in [6.07, 6.45) is -2.66. The highest BCUT2D eigenvalue weighted by atomic mass is 19.4. The number of ether oxygens (including phenoxy) is 1. The number of carbonyl (C=O) groups is 2. The van der Waals surface area contributed by atoms with Crippen LogP contribution in [-0.2, 0) is 19.3 Å². The molecule has 0 amide bonds. The van der Waals surface area contributed by atoms with Gasteiger partial charge >= 0.3 is 12.1 Å². The van der Waals surface area contributed by atoms with Crippen LogP contribution in [0.4, 0.5) is 24.5 Å². The van der Waals surface area contributed by atoms with Crippen molar-refractivity contribution >= 4 is 34.2 Å². The lowest BCUT2D eigenvalue weighted by Gasteiger charge is -2.45. The molecule has 2 aliphatic heterocycles. The Labute approximate surface area is 245 Å². The first kappa shape index (κ1) is 26.8. The fourth-order valence-corrected chi connectivity index (χ4v) is 6.22. The highest BCUT2D eigenvalue weighted by Gasteiger charge is 2.32. The van der Waals surface area contributed by atoms with E-state index >= 15 is 0 Å². The smallest absolute Gasteiger partial charge is 0.416 e.